The first-order valence-corrected chi connectivity index (χ1v) is 4.75. The number of aldehydes is 1. The van der Waals surface area contributed by atoms with E-state index in [1.165, 1.54) is 0 Å². The number of aromatic nitrogens is 1. The molecule has 0 N–H and O–H groups in total. The maximum absolute atomic E-state index is 10.6. The minimum absolute atomic E-state index is 0.557. The number of benzene rings is 1. The second-order valence-corrected chi connectivity index (χ2v) is 3.28. The van der Waals surface area contributed by atoms with Gasteiger partial charge in [0.2, 0.25) is 0 Å². The second kappa shape index (κ2) is 4.37. The van der Waals surface area contributed by atoms with E-state index in [9.17, 15) is 4.79 Å². The van der Waals surface area contributed by atoms with Crippen molar-refractivity contribution in [2.75, 3.05) is 0 Å². The van der Waals surface area contributed by atoms with Gasteiger partial charge < -0.3 is 0 Å². The number of rotatable bonds is 2. The van der Waals surface area contributed by atoms with Gasteiger partial charge >= 0.3 is 0 Å². The van der Waals surface area contributed by atoms with E-state index in [2.05, 4.69) is 11.1 Å². The summed E-state index contributed by atoms with van der Waals surface area (Å²) in [4.78, 5) is 14.8. The lowest BCUT2D eigenvalue weighted by Crippen LogP contribution is -1.86. The van der Waals surface area contributed by atoms with Crippen LogP contribution in [-0.4, -0.2) is 11.3 Å². The largest absolute Gasteiger partial charge is 0.298 e. The highest BCUT2D eigenvalue weighted by Gasteiger charge is 2.01. The Hall–Kier alpha value is -2.47. The van der Waals surface area contributed by atoms with E-state index in [1.54, 1.807) is 36.5 Å². The molecule has 1 aromatic heterocycles. The van der Waals surface area contributed by atoms with Crippen molar-refractivity contribution in [2.45, 2.75) is 0 Å². The van der Waals surface area contributed by atoms with Crippen molar-refractivity contribution in [1.82, 2.24) is 4.98 Å². The Morgan fingerprint density at radius 1 is 1.25 bits per heavy atom. The first kappa shape index (κ1) is 10.1. The molecule has 2 rings (SSSR count). The minimum Gasteiger partial charge on any atom is -0.298 e. The average Bonchev–Trinajstić information content (AvgIpc) is 2.39. The number of carbonyl (C=O) groups excluding carboxylic acids is 1. The Labute approximate surface area is 93.0 Å². The van der Waals surface area contributed by atoms with Crippen LogP contribution in [0.1, 0.15) is 15.9 Å². The Bertz CT molecular complexity index is 570. The highest BCUT2D eigenvalue weighted by molar-refractivity contribution is 5.78. The van der Waals surface area contributed by atoms with Crippen LogP contribution in [0.25, 0.3) is 11.3 Å². The molecule has 0 saturated heterocycles. The Balaban J connectivity index is 2.50. The molecule has 0 aliphatic carbocycles. The van der Waals surface area contributed by atoms with Crippen molar-refractivity contribution >= 4 is 6.29 Å². The van der Waals surface area contributed by atoms with E-state index < -0.39 is 0 Å². The summed E-state index contributed by atoms with van der Waals surface area (Å²) in [5, 5.41) is 8.78. The van der Waals surface area contributed by atoms with Crippen LogP contribution in [0, 0.1) is 11.3 Å². The van der Waals surface area contributed by atoms with Gasteiger partial charge in [0.15, 0.2) is 0 Å². The van der Waals surface area contributed by atoms with Crippen molar-refractivity contribution in [3.8, 4) is 17.3 Å². The van der Waals surface area contributed by atoms with Crippen molar-refractivity contribution in [1.29, 1.82) is 5.26 Å². The Morgan fingerprint density at radius 2 is 2.12 bits per heavy atom. The summed E-state index contributed by atoms with van der Waals surface area (Å²) in [6.45, 7) is 0. The molecule has 0 fully saturated rings. The fourth-order valence-electron chi connectivity index (χ4n) is 1.43. The SMILES string of the molecule is N#Cc1ccnc(-c2cccc(C=O)c2)c1. The van der Waals surface area contributed by atoms with Crippen molar-refractivity contribution in [3.63, 3.8) is 0 Å². The average molecular weight is 208 g/mol. The number of nitriles is 1. The van der Waals surface area contributed by atoms with Gasteiger partial charge in [-0.25, -0.2) is 0 Å². The third-order valence-corrected chi connectivity index (χ3v) is 2.21. The van der Waals surface area contributed by atoms with Gasteiger partial charge in [0.05, 0.1) is 17.3 Å². The van der Waals surface area contributed by atoms with Gasteiger partial charge in [0, 0.05) is 17.3 Å². The lowest BCUT2D eigenvalue weighted by atomic mass is 10.1. The van der Waals surface area contributed by atoms with Crippen LogP contribution in [0.2, 0.25) is 0 Å². The lowest BCUT2D eigenvalue weighted by Gasteiger charge is -2.01. The van der Waals surface area contributed by atoms with Crippen LogP contribution >= 0.6 is 0 Å². The summed E-state index contributed by atoms with van der Waals surface area (Å²) in [6, 6.07) is 12.5. The predicted octanol–water partition coefficient (Wildman–Crippen LogP) is 2.43. The molecule has 0 unspecified atom stereocenters. The van der Waals surface area contributed by atoms with E-state index in [0.29, 0.717) is 16.8 Å². The molecule has 3 nitrogen and oxygen atoms in total. The van der Waals surface area contributed by atoms with Gasteiger partial charge in [0.1, 0.15) is 6.29 Å². The van der Waals surface area contributed by atoms with Crippen molar-refractivity contribution in [2.24, 2.45) is 0 Å². The zero-order chi connectivity index (χ0) is 11.4. The van der Waals surface area contributed by atoms with Gasteiger partial charge in [-0.15, -0.1) is 0 Å². The lowest BCUT2D eigenvalue weighted by molar-refractivity contribution is 0.112. The molecule has 0 aliphatic rings. The molecule has 16 heavy (non-hydrogen) atoms. The number of pyridine rings is 1. The monoisotopic (exact) mass is 208 g/mol. The van der Waals surface area contributed by atoms with E-state index in [0.717, 1.165) is 11.8 Å². The summed E-state index contributed by atoms with van der Waals surface area (Å²) in [6.07, 6.45) is 2.37. The molecule has 0 amide bonds. The summed E-state index contributed by atoms with van der Waals surface area (Å²) in [7, 11) is 0. The summed E-state index contributed by atoms with van der Waals surface area (Å²) in [5.74, 6) is 0. The quantitative estimate of drug-likeness (QED) is 0.712. The molecular formula is C13H8N2O. The zero-order valence-corrected chi connectivity index (χ0v) is 8.42. The first-order valence-electron chi connectivity index (χ1n) is 4.75. The normalized spacial score (nSPS) is 9.44. The van der Waals surface area contributed by atoms with Gasteiger partial charge in [0.25, 0.3) is 0 Å². The molecule has 0 bridgehead atoms. The molecule has 0 atom stereocenters. The molecule has 1 heterocycles. The number of carbonyl (C=O) groups is 1. The van der Waals surface area contributed by atoms with Gasteiger partial charge in [-0.2, -0.15) is 5.26 Å². The van der Waals surface area contributed by atoms with Crippen LogP contribution in [0.3, 0.4) is 0 Å². The van der Waals surface area contributed by atoms with Crippen LogP contribution < -0.4 is 0 Å². The topological polar surface area (TPSA) is 53.8 Å². The maximum atomic E-state index is 10.6. The van der Waals surface area contributed by atoms with Gasteiger partial charge in [-0.05, 0) is 18.2 Å². The van der Waals surface area contributed by atoms with Crippen LogP contribution in [0.15, 0.2) is 42.6 Å². The maximum Gasteiger partial charge on any atom is 0.150 e. The Morgan fingerprint density at radius 3 is 2.88 bits per heavy atom. The van der Waals surface area contributed by atoms with Crippen LogP contribution in [0.4, 0.5) is 0 Å². The third-order valence-electron chi connectivity index (χ3n) is 2.21. The molecule has 1 aromatic carbocycles. The third kappa shape index (κ3) is 1.96. The zero-order valence-electron chi connectivity index (χ0n) is 8.42. The number of nitrogens with zero attached hydrogens (tertiary/aromatic N) is 2. The smallest absolute Gasteiger partial charge is 0.150 e. The van der Waals surface area contributed by atoms with E-state index in [4.69, 9.17) is 5.26 Å². The molecule has 0 spiro atoms. The predicted molar refractivity (Wildman–Crippen MR) is 59.8 cm³/mol. The molecule has 3 heteroatoms. The molecule has 0 aliphatic heterocycles. The van der Waals surface area contributed by atoms with Crippen LogP contribution in [-0.2, 0) is 0 Å². The minimum atomic E-state index is 0.557. The fourth-order valence-corrected chi connectivity index (χ4v) is 1.43. The molecule has 76 valence electrons. The molecule has 0 saturated carbocycles. The second-order valence-electron chi connectivity index (χ2n) is 3.28. The highest BCUT2D eigenvalue weighted by atomic mass is 16.1. The van der Waals surface area contributed by atoms with Crippen LogP contribution in [0.5, 0.6) is 0 Å². The fraction of sp³-hybridized carbons (Fsp3) is 0. The van der Waals surface area contributed by atoms with Gasteiger partial charge in [-0.1, -0.05) is 18.2 Å². The summed E-state index contributed by atoms with van der Waals surface area (Å²) in [5.41, 5.74) is 2.69. The van der Waals surface area contributed by atoms with E-state index in [-0.39, 0.29) is 0 Å². The summed E-state index contributed by atoms with van der Waals surface area (Å²) >= 11 is 0. The number of hydrogen-bond acceptors (Lipinski definition) is 3. The standard InChI is InChI=1S/C13H8N2O/c14-8-10-4-5-15-13(7-10)12-3-1-2-11(6-12)9-16/h1-7,9H. The van der Waals surface area contributed by atoms with Crippen molar-refractivity contribution in [3.05, 3.63) is 53.7 Å². The van der Waals surface area contributed by atoms with Crippen molar-refractivity contribution < 1.29 is 4.79 Å². The summed E-state index contributed by atoms with van der Waals surface area (Å²) < 4.78 is 0. The Kier molecular flexibility index (Phi) is 2.75. The number of hydrogen-bond donors (Lipinski definition) is 0. The highest BCUT2D eigenvalue weighted by Crippen LogP contribution is 2.18. The molecule has 2 aromatic rings. The van der Waals surface area contributed by atoms with Gasteiger partial charge in [-0.3, -0.25) is 9.78 Å². The first-order chi connectivity index (χ1) is 7.83. The van der Waals surface area contributed by atoms with E-state index in [1.807, 2.05) is 6.07 Å². The molecular weight excluding hydrogens is 200 g/mol. The molecule has 0 radical (unpaired) electrons. The van der Waals surface area contributed by atoms with E-state index >= 15 is 0 Å².